The van der Waals surface area contributed by atoms with Crippen LogP contribution < -0.4 is 0 Å². The predicted octanol–water partition coefficient (Wildman–Crippen LogP) is 3.62. The first kappa shape index (κ1) is 16.9. The van der Waals surface area contributed by atoms with Crippen LogP contribution in [0.3, 0.4) is 0 Å². The maximum atomic E-state index is 2.63. The number of rotatable bonds is 1. The lowest BCUT2D eigenvalue weighted by molar-refractivity contribution is 0.162. The second-order valence-corrected chi connectivity index (χ2v) is 5.06. The summed E-state index contributed by atoms with van der Waals surface area (Å²) in [4.78, 5) is 5.22. The minimum Gasteiger partial charge on any atom is -0.299 e. The van der Waals surface area contributed by atoms with Gasteiger partial charge in [-0.15, -0.1) is 0 Å². The molecule has 2 saturated heterocycles. The molecule has 1 atom stereocenters. The zero-order chi connectivity index (χ0) is 13.5. The molecule has 0 amide bonds. The second kappa shape index (κ2) is 8.10. The Labute approximate surface area is 109 Å². The first-order valence-electron chi connectivity index (χ1n) is 7.59. The van der Waals surface area contributed by atoms with E-state index in [2.05, 4.69) is 30.7 Å². The molecule has 2 heteroatoms. The lowest BCUT2D eigenvalue weighted by Gasteiger charge is -2.32. The molecule has 2 aliphatic heterocycles. The molecule has 0 saturated carbocycles. The third kappa shape index (κ3) is 3.96. The number of likely N-dealkylation sites (N-methyl/N-ethyl adjacent to an activating group) is 1. The van der Waals surface area contributed by atoms with Gasteiger partial charge in [0.25, 0.3) is 0 Å². The van der Waals surface area contributed by atoms with Crippen molar-refractivity contribution in [2.75, 3.05) is 26.7 Å². The summed E-state index contributed by atoms with van der Waals surface area (Å²) in [7, 11) is 2.30. The van der Waals surface area contributed by atoms with Crippen molar-refractivity contribution in [1.29, 1.82) is 0 Å². The molecule has 2 rings (SSSR count). The molecule has 17 heavy (non-hydrogen) atoms. The van der Waals surface area contributed by atoms with Crippen molar-refractivity contribution in [2.45, 2.75) is 72.4 Å². The SMILES string of the molecule is CC.CC.CC(C)N1CCC2(CCCN2C)C1. The second-order valence-electron chi connectivity index (χ2n) is 5.06. The quantitative estimate of drug-likeness (QED) is 0.693. The van der Waals surface area contributed by atoms with Crippen LogP contribution in [0.1, 0.15) is 60.8 Å². The fourth-order valence-electron chi connectivity index (χ4n) is 2.92. The molecule has 0 N–H and O–H groups in total. The largest absolute Gasteiger partial charge is 0.299 e. The summed E-state index contributed by atoms with van der Waals surface area (Å²) < 4.78 is 0. The van der Waals surface area contributed by atoms with Gasteiger partial charge in [0, 0.05) is 24.7 Å². The van der Waals surface area contributed by atoms with Crippen LogP contribution in [0.15, 0.2) is 0 Å². The predicted molar refractivity (Wildman–Crippen MR) is 78.6 cm³/mol. The molecule has 2 heterocycles. The van der Waals surface area contributed by atoms with Crippen LogP contribution in [0.25, 0.3) is 0 Å². The highest BCUT2D eigenvalue weighted by molar-refractivity contribution is 5.01. The summed E-state index contributed by atoms with van der Waals surface area (Å²) >= 11 is 0. The van der Waals surface area contributed by atoms with E-state index in [4.69, 9.17) is 0 Å². The van der Waals surface area contributed by atoms with Gasteiger partial charge in [0.05, 0.1) is 0 Å². The Bertz CT molecular complexity index is 191. The van der Waals surface area contributed by atoms with Crippen LogP contribution in [0.4, 0.5) is 0 Å². The van der Waals surface area contributed by atoms with Crippen LogP contribution in [-0.4, -0.2) is 48.1 Å². The molecule has 2 nitrogen and oxygen atoms in total. The highest BCUT2D eigenvalue weighted by Gasteiger charge is 2.44. The third-order valence-corrected chi connectivity index (χ3v) is 4.04. The van der Waals surface area contributed by atoms with Crippen LogP contribution in [-0.2, 0) is 0 Å². The smallest absolute Gasteiger partial charge is 0.0346 e. The van der Waals surface area contributed by atoms with Crippen molar-refractivity contribution >= 4 is 0 Å². The summed E-state index contributed by atoms with van der Waals surface area (Å²) in [5.41, 5.74) is 0.560. The summed E-state index contributed by atoms with van der Waals surface area (Å²) in [6.07, 6.45) is 4.22. The summed E-state index contributed by atoms with van der Waals surface area (Å²) in [5.74, 6) is 0. The molecule has 0 aromatic carbocycles. The van der Waals surface area contributed by atoms with Crippen molar-refractivity contribution in [1.82, 2.24) is 9.80 Å². The van der Waals surface area contributed by atoms with Crippen LogP contribution in [0, 0.1) is 0 Å². The summed E-state index contributed by atoms with van der Waals surface area (Å²) in [6.45, 7) is 16.6. The molecule has 0 radical (unpaired) electrons. The average Bonchev–Trinajstić information content (AvgIpc) is 2.94. The number of likely N-dealkylation sites (tertiary alicyclic amines) is 2. The summed E-state index contributed by atoms with van der Waals surface area (Å²) in [6, 6.07) is 0.730. The van der Waals surface area contributed by atoms with E-state index in [0.29, 0.717) is 5.54 Å². The van der Waals surface area contributed by atoms with E-state index >= 15 is 0 Å². The standard InChI is InChI=1S/C11H22N2.2C2H6/c1-10(2)13-8-6-11(9-13)5-4-7-12(11)3;2*1-2/h10H,4-9H2,1-3H3;2*1-2H3. The Balaban J connectivity index is 0.000000581. The number of hydrogen-bond acceptors (Lipinski definition) is 2. The van der Waals surface area contributed by atoms with Crippen molar-refractivity contribution in [3.8, 4) is 0 Å². The van der Waals surface area contributed by atoms with E-state index < -0.39 is 0 Å². The molecule has 0 aromatic heterocycles. The van der Waals surface area contributed by atoms with Crippen molar-refractivity contribution in [3.63, 3.8) is 0 Å². The van der Waals surface area contributed by atoms with E-state index in [1.54, 1.807) is 0 Å². The molecular formula is C15H34N2. The molecular weight excluding hydrogens is 208 g/mol. The first-order chi connectivity index (χ1) is 8.14. The van der Waals surface area contributed by atoms with Gasteiger partial charge in [-0.25, -0.2) is 0 Å². The lowest BCUT2D eigenvalue weighted by Crippen LogP contribution is -2.44. The topological polar surface area (TPSA) is 6.48 Å². The molecule has 1 spiro atoms. The van der Waals surface area contributed by atoms with Gasteiger partial charge in [0.15, 0.2) is 0 Å². The van der Waals surface area contributed by atoms with Crippen LogP contribution in [0.5, 0.6) is 0 Å². The van der Waals surface area contributed by atoms with E-state index in [1.165, 1.54) is 38.9 Å². The van der Waals surface area contributed by atoms with E-state index in [9.17, 15) is 0 Å². The summed E-state index contributed by atoms with van der Waals surface area (Å²) in [5, 5.41) is 0. The zero-order valence-corrected chi connectivity index (χ0v) is 13.2. The van der Waals surface area contributed by atoms with Gasteiger partial charge >= 0.3 is 0 Å². The molecule has 0 aliphatic carbocycles. The van der Waals surface area contributed by atoms with Gasteiger partial charge in [-0.3, -0.25) is 9.80 Å². The first-order valence-corrected chi connectivity index (χ1v) is 7.59. The minimum absolute atomic E-state index is 0.560. The fraction of sp³-hybridized carbons (Fsp3) is 1.00. The van der Waals surface area contributed by atoms with Gasteiger partial charge in [-0.05, 0) is 46.7 Å². The van der Waals surface area contributed by atoms with E-state index in [0.717, 1.165) is 6.04 Å². The maximum absolute atomic E-state index is 2.63. The number of nitrogens with zero attached hydrogens (tertiary/aromatic N) is 2. The molecule has 2 aliphatic rings. The van der Waals surface area contributed by atoms with Gasteiger partial charge in [0.2, 0.25) is 0 Å². The Hall–Kier alpha value is -0.0800. The van der Waals surface area contributed by atoms with E-state index in [-0.39, 0.29) is 0 Å². The zero-order valence-electron chi connectivity index (χ0n) is 13.2. The molecule has 2 fully saturated rings. The van der Waals surface area contributed by atoms with Gasteiger partial charge in [0.1, 0.15) is 0 Å². The third-order valence-electron chi connectivity index (χ3n) is 4.04. The lowest BCUT2D eigenvalue weighted by atomic mass is 9.96. The van der Waals surface area contributed by atoms with Crippen LogP contribution >= 0.6 is 0 Å². The molecule has 0 bridgehead atoms. The Kier molecular flexibility index (Phi) is 8.06. The normalized spacial score (nSPS) is 28.9. The Morgan fingerprint density at radius 1 is 0.941 bits per heavy atom. The monoisotopic (exact) mass is 242 g/mol. The molecule has 0 aromatic rings. The van der Waals surface area contributed by atoms with E-state index in [1.807, 2.05) is 27.7 Å². The molecule has 104 valence electrons. The fourth-order valence-corrected chi connectivity index (χ4v) is 2.92. The Morgan fingerprint density at radius 3 is 1.88 bits per heavy atom. The minimum atomic E-state index is 0.560. The number of hydrogen-bond donors (Lipinski definition) is 0. The van der Waals surface area contributed by atoms with Crippen LogP contribution in [0.2, 0.25) is 0 Å². The average molecular weight is 242 g/mol. The highest BCUT2D eigenvalue weighted by Crippen LogP contribution is 2.36. The maximum Gasteiger partial charge on any atom is 0.0346 e. The molecule has 1 unspecified atom stereocenters. The van der Waals surface area contributed by atoms with Gasteiger partial charge in [-0.1, -0.05) is 27.7 Å². The van der Waals surface area contributed by atoms with Crippen molar-refractivity contribution in [3.05, 3.63) is 0 Å². The van der Waals surface area contributed by atoms with Gasteiger partial charge < -0.3 is 0 Å². The van der Waals surface area contributed by atoms with Crippen molar-refractivity contribution in [2.24, 2.45) is 0 Å². The Morgan fingerprint density at radius 2 is 1.53 bits per heavy atom. The van der Waals surface area contributed by atoms with Gasteiger partial charge in [-0.2, -0.15) is 0 Å². The highest BCUT2D eigenvalue weighted by atomic mass is 15.3. The van der Waals surface area contributed by atoms with Crippen molar-refractivity contribution < 1.29 is 0 Å².